The summed E-state index contributed by atoms with van der Waals surface area (Å²) >= 11 is 0. The molecule has 27 heavy (non-hydrogen) atoms. The molecule has 0 radical (unpaired) electrons. The Morgan fingerprint density at radius 1 is 0.926 bits per heavy atom. The van der Waals surface area contributed by atoms with Crippen LogP contribution in [0.25, 0.3) is 0 Å². The maximum atomic E-state index is 12.0. The molecule has 150 valence electrons. The van der Waals surface area contributed by atoms with Gasteiger partial charge in [-0.05, 0) is 48.3 Å². The van der Waals surface area contributed by atoms with Gasteiger partial charge in [-0.2, -0.15) is 0 Å². The van der Waals surface area contributed by atoms with Gasteiger partial charge in [-0.25, -0.2) is 14.4 Å². The fourth-order valence-electron chi connectivity index (χ4n) is 4.31. The summed E-state index contributed by atoms with van der Waals surface area (Å²) in [5.41, 5.74) is -1.20. The third-order valence-corrected chi connectivity index (χ3v) is 5.81. The molecule has 0 spiro atoms. The summed E-state index contributed by atoms with van der Waals surface area (Å²) in [7, 11) is 0. The Morgan fingerprint density at radius 3 is 1.89 bits per heavy atom. The molecule has 1 rings (SSSR count). The number of aromatic carboxylic acids is 3. The average molecular weight is 378 g/mol. The van der Waals surface area contributed by atoms with Gasteiger partial charge in [0, 0.05) is 0 Å². The highest BCUT2D eigenvalue weighted by Crippen LogP contribution is 2.45. The third-order valence-electron chi connectivity index (χ3n) is 5.81. The summed E-state index contributed by atoms with van der Waals surface area (Å²) in [5.74, 6) is -3.90. The Morgan fingerprint density at radius 2 is 1.52 bits per heavy atom. The molecule has 6 heteroatoms. The van der Waals surface area contributed by atoms with E-state index in [1.807, 2.05) is 20.8 Å². The van der Waals surface area contributed by atoms with E-state index in [1.165, 1.54) is 6.07 Å². The number of rotatable bonds is 11. The largest absolute Gasteiger partial charge is 0.478 e. The normalized spacial score (nSPS) is 12.6. The molecule has 6 nitrogen and oxygen atoms in total. The van der Waals surface area contributed by atoms with Crippen LogP contribution >= 0.6 is 0 Å². The first-order chi connectivity index (χ1) is 12.7. The van der Waals surface area contributed by atoms with Crippen LogP contribution in [0.1, 0.15) is 103 Å². The number of carboxylic acid groups (broad SMARTS) is 3. The fourth-order valence-corrected chi connectivity index (χ4v) is 4.31. The van der Waals surface area contributed by atoms with Gasteiger partial charge in [0.1, 0.15) is 0 Å². The minimum Gasteiger partial charge on any atom is -0.478 e. The molecule has 0 aliphatic rings. The Balaban J connectivity index is 3.91. The van der Waals surface area contributed by atoms with Crippen molar-refractivity contribution in [3.05, 3.63) is 34.4 Å². The zero-order valence-corrected chi connectivity index (χ0v) is 16.5. The molecule has 1 aromatic carbocycles. The molecular weight excluding hydrogens is 348 g/mol. The van der Waals surface area contributed by atoms with Crippen molar-refractivity contribution < 1.29 is 29.7 Å². The second-order valence-electron chi connectivity index (χ2n) is 6.97. The van der Waals surface area contributed by atoms with Gasteiger partial charge in [-0.15, -0.1) is 0 Å². The Labute approximate surface area is 160 Å². The van der Waals surface area contributed by atoms with Gasteiger partial charge in [0.15, 0.2) is 0 Å². The SMILES string of the molecule is CCCCC(CC)C(CC)(CC)c1cc(C(=O)O)cc(C(=O)O)c1C(=O)O. The van der Waals surface area contributed by atoms with Crippen molar-refractivity contribution in [2.24, 2.45) is 5.92 Å². The highest BCUT2D eigenvalue weighted by Gasteiger charge is 2.40. The second kappa shape index (κ2) is 9.53. The van der Waals surface area contributed by atoms with E-state index in [1.54, 1.807) is 0 Å². The minimum absolute atomic E-state index is 0.135. The molecule has 0 saturated heterocycles. The van der Waals surface area contributed by atoms with Crippen LogP contribution in [0.5, 0.6) is 0 Å². The van der Waals surface area contributed by atoms with E-state index in [9.17, 15) is 29.7 Å². The van der Waals surface area contributed by atoms with Crippen LogP contribution in [0.3, 0.4) is 0 Å². The third kappa shape index (κ3) is 4.49. The fraction of sp³-hybridized carbons (Fsp3) is 0.571. The standard InChI is InChI=1S/C21H30O6/c1-5-9-10-14(6-2)21(7-3,8-4)16-12-13(18(22)23)11-15(19(24)25)17(16)20(26)27/h11-12,14H,5-10H2,1-4H3,(H,22,23)(H,24,25)(H,26,27). The van der Waals surface area contributed by atoms with Crippen molar-refractivity contribution in [3.63, 3.8) is 0 Å². The molecular formula is C21H30O6. The van der Waals surface area contributed by atoms with E-state index in [2.05, 4.69) is 6.92 Å². The van der Waals surface area contributed by atoms with Crippen LogP contribution in [0.15, 0.2) is 12.1 Å². The van der Waals surface area contributed by atoms with Gasteiger partial charge in [-0.3, -0.25) is 0 Å². The Hall–Kier alpha value is -2.37. The molecule has 3 N–H and O–H groups in total. The first-order valence-corrected chi connectivity index (χ1v) is 9.58. The predicted octanol–water partition coefficient (Wildman–Crippen LogP) is 5.06. The second-order valence-corrected chi connectivity index (χ2v) is 6.97. The highest BCUT2D eigenvalue weighted by atomic mass is 16.4. The number of carbonyl (C=O) groups is 3. The lowest BCUT2D eigenvalue weighted by molar-refractivity contribution is 0.0643. The van der Waals surface area contributed by atoms with Gasteiger partial charge in [0.25, 0.3) is 0 Å². The summed E-state index contributed by atoms with van der Waals surface area (Å²) in [6.45, 7) is 8.04. The van der Waals surface area contributed by atoms with Gasteiger partial charge in [-0.1, -0.05) is 47.0 Å². The predicted molar refractivity (Wildman–Crippen MR) is 103 cm³/mol. The quantitative estimate of drug-likeness (QED) is 0.496. The number of carboxylic acids is 3. The number of unbranched alkanes of at least 4 members (excludes halogenated alkanes) is 1. The van der Waals surface area contributed by atoms with Crippen molar-refractivity contribution in [1.29, 1.82) is 0 Å². The van der Waals surface area contributed by atoms with Crippen LogP contribution in [0.2, 0.25) is 0 Å². The monoisotopic (exact) mass is 378 g/mol. The molecule has 0 aliphatic carbocycles. The maximum absolute atomic E-state index is 12.0. The molecule has 1 atom stereocenters. The van der Waals surface area contributed by atoms with E-state index < -0.39 is 28.9 Å². The van der Waals surface area contributed by atoms with E-state index in [0.717, 1.165) is 31.7 Å². The number of hydrogen-bond acceptors (Lipinski definition) is 3. The average Bonchev–Trinajstić information content (AvgIpc) is 2.64. The lowest BCUT2D eigenvalue weighted by Crippen LogP contribution is -2.37. The van der Waals surface area contributed by atoms with E-state index in [0.29, 0.717) is 18.4 Å². The zero-order valence-electron chi connectivity index (χ0n) is 16.5. The topological polar surface area (TPSA) is 112 Å². The lowest BCUT2D eigenvalue weighted by atomic mass is 9.62. The van der Waals surface area contributed by atoms with Crippen molar-refractivity contribution in [2.45, 2.75) is 71.6 Å². The summed E-state index contributed by atoms with van der Waals surface area (Å²) in [6.07, 6.45) is 4.88. The smallest absolute Gasteiger partial charge is 0.336 e. The number of hydrogen-bond donors (Lipinski definition) is 3. The maximum Gasteiger partial charge on any atom is 0.336 e. The van der Waals surface area contributed by atoms with Gasteiger partial charge < -0.3 is 15.3 Å². The molecule has 1 unspecified atom stereocenters. The van der Waals surface area contributed by atoms with Crippen molar-refractivity contribution >= 4 is 17.9 Å². The molecule has 0 aliphatic heterocycles. The van der Waals surface area contributed by atoms with E-state index >= 15 is 0 Å². The minimum atomic E-state index is -1.43. The highest BCUT2D eigenvalue weighted by molar-refractivity contribution is 6.05. The zero-order chi connectivity index (χ0) is 20.8. The molecule has 0 aromatic heterocycles. The molecule has 0 saturated carbocycles. The molecule has 0 heterocycles. The van der Waals surface area contributed by atoms with Crippen LogP contribution < -0.4 is 0 Å². The van der Waals surface area contributed by atoms with E-state index in [-0.39, 0.29) is 17.0 Å². The number of benzene rings is 1. The van der Waals surface area contributed by atoms with E-state index in [4.69, 9.17) is 0 Å². The van der Waals surface area contributed by atoms with Gasteiger partial charge in [0.2, 0.25) is 0 Å². The van der Waals surface area contributed by atoms with Crippen molar-refractivity contribution in [2.75, 3.05) is 0 Å². The molecule has 1 aromatic rings. The van der Waals surface area contributed by atoms with Crippen LogP contribution in [-0.2, 0) is 5.41 Å². The van der Waals surface area contributed by atoms with Crippen molar-refractivity contribution in [3.8, 4) is 0 Å². The van der Waals surface area contributed by atoms with Crippen molar-refractivity contribution in [1.82, 2.24) is 0 Å². The van der Waals surface area contributed by atoms with Gasteiger partial charge in [0.05, 0.1) is 16.7 Å². The first-order valence-electron chi connectivity index (χ1n) is 9.58. The summed E-state index contributed by atoms with van der Waals surface area (Å²) in [5, 5.41) is 28.8. The Bertz CT molecular complexity index is 703. The van der Waals surface area contributed by atoms with Crippen LogP contribution in [0, 0.1) is 5.92 Å². The van der Waals surface area contributed by atoms with Gasteiger partial charge >= 0.3 is 17.9 Å². The molecule has 0 bridgehead atoms. The summed E-state index contributed by atoms with van der Waals surface area (Å²) < 4.78 is 0. The molecule has 0 fully saturated rings. The molecule has 0 amide bonds. The van der Waals surface area contributed by atoms with Crippen LogP contribution in [-0.4, -0.2) is 33.2 Å². The summed E-state index contributed by atoms with van der Waals surface area (Å²) in [6, 6.07) is 2.32. The first kappa shape index (κ1) is 22.7. The summed E-state index contributed by atoms with van der Waals surface area (Å²) in [4.78, 5) is 35.3. The Kier molecular flexibility index (Phi) is 8.00. The lowest BCUT2D eigenvalue weighted by Gasteiger charge is -2.41. The van der Waals surface area contributed by atoms with Crippen LogP contribution in [0.4, 0.5) is 0 Å².